The smallest absolute Gasteiger partial charge is 0.310 e. The largest absolute Gasteiger partial charge is 0.460 e. The maximum Gasteiger partial charge on any atom is 0.310 e. The van der Waals surface area contributed by atoms with Crippen LogP contribution in [0.2, 0.25) is 0 Å². The fourth-order valence-electron chi connectivity index (χ4n) is 3.71. The number of hydrogen-bond acceptors (Lipinski definition) is 5. The van der Waals surface area contributed by atoms with Crippen LogP contribution in [0.5, 0.6) is 0 Å². The Labute approximate surface area is 105 Å². The summed E-state index contributed by atoms with van der Waals surface area (Å²) in [5.41, 5.74) is -0.578. The highest BCUT2D eigenvalue weighted by Gasteiger charge is 2.68. The number of aliphatic hydroxyl groups is 1. The van der Waals surface area contributed by atoms with E-state index in [1.165, 1.54) is 0 Å². The van der Waals surface area contributed by atoms with Crippen LogP contribution in [0.15, 0.2) is 0 Å². The number of esters is 2. The van der Waals surface area contributed by atoms with Gasteiger partial charge in [-0.15, -0.1) is 0 Å². The first-order valence-electron chi connectivity index (χ1n) is 6.41. The second-order valence-corrected chi connectivity index (χ2v) is 6.54. The topological polar surface area (TPSA) is 72.8 Å². The van der Waals surface area contributed by atoms with E-state index in [9.17, 15) is 14.7 Å². The van der Waals surface area contributed by atoms with Crippen molar-refractivity contribution in [2.45, 2.75) is 45.0 Å². The monoisotopic (exact) mass is 254 g/mol. The van der Waals surface area contributed by atoms with Gasteiger partial charge in [-0.3, -0.25) is 9.59 Å². The van der Waals surface area contributed by atoms with Gasteiger partial charge in [0.05, 0.1) is 17.9 Å². The molecular weight excluding hydrogens is 236 g/mol. The molecule has 1 heterocycles. The molecule has 5 nitrogen and oxygen atoms in total. The van der Waals surface area contributed by atoms with Crippen molar-refractivity contribution < 1.29 is 24.2 Å². The quantitative estimate of drug-likeness (QED) is 0.690. The zero-order valence-corrected chi connectivity index (χ0v) is 10.8. The van der Waals surface area contributed by atoms with E-state index in [0.717, 1.165) is 0 Å². The molecule has 0 spiro atoms. The summed E-state index contributed by atoms with van der Waals surface area (Å²) in [7, 11) is 0. The SMILES string of the molecule is CC(C)(C)OC(=O)[C@H]1[C@@H]2C[C@H]3C(OC(=O)[C@@H]13)[C@H]2O. The van der Waals surface area contributed by atoms with Crippen LogP contribution >= 0.6 is 0 Å². The average molecular weight is 254 g/mol. The predicted molar refractivity (Wildman–Crippen MR) is 60.3 cm³/mol. The summed E-state index contributed by atoms with van der Waals surface area (Å²) in [6.45, 7) is 5.39. The molecule has 2 aliphatic carbocycles. The van der Waals surface area contributed by atoms with E-state index in [0.29, 0.717) is 6.42 Å². The van der Waals surface area contributed by atoms with E-state index >= 15 is 0 Å². The highest BCUT2D eigenvalue weighted by molar-refractivity contribution is 5.86. The maximum absolute atomic E-state index is 12.2. The third kappa shape index (κ3) is 1.49. The Bertz CT molecular complexity index is 410. The molecule has 5 heteroatoms. The minimum absolute atomic E-state index is 0.00461. The third-order valence-corrected chi connectivity index (χ3v) is 4.25. The molecule has 3 rings (SSSR count). The Balaban J connectivity index is 1.85. The van der Waals surface area contributed by atoms with Crippen molar-refractivity contribution in [3.05, 3.63) is 0 Å². The number of ether oxygens (including phenoxy) is 2. The molecule has 3 fully saturated rings. The van der Waals surface area contributed by atoms with E-state index in [-0.39, 0.29) is 23.8 Å². The predicted octanol–water partition coefficient (Wildman–Crippen LogP) is 0.496. The number of aliphatic hydroxyl groups excluding tert-OH is 1. The highest BCUT2D eigenvalue weighted by Crippen LogP contribution is 2.58. The zero-order chi connectivity index (χ0) is 13.2. The fourth-order valence-corrected chi connectivity index (χ4v) is 3.71. The van der Waals surface area contributed by atoms with Crippen LogP contribution in [0.1, 0.15) is 27.2 Å². The van der Waals surface area contributed by atoms with Crippen molar-refractivity contribution >= 4 is 11.9 Å². The number of hydrogen-bond donors (Lipinski definition) is 1. The van der Waals surface area contributed by atoms with Crippen LogP contribution < -0.4 is 0 Å². The summed E-state index contributed by atoms with van der Waals surface area (Å²) in [5.74, 6) is -1.86. The van der Waals surface area contributed by atoms with Gasteiger partial charge in [0, 0.05) is 11.8 Å². The Morgan fingerprint density at radius 3 is 2.67 bits per heavy atom. The fraction of sp³-hybridized carbons (Fsp3) is 0.846. The van der Waals surface area contributed by atoms with E-state index in [1.54, 1.807) is 20.8 Å². The lowest BCUT2D eigenvalue weighted by Crippen LogP contribution is -2.43. The lowest BCUT2D eigenvalue weighted by atomic mass is 9.78. The number of rotatable bonds is 1. The van der Waals surface area contributed by atoms with E-state index in [1.807, 2.05) is 0 Å². The van der Waals surface area contributed by atoms with Crippen LogP contribution in [-0.2, 0) is 19.1 Å². The molecule has 0 radical (unpaired) electrons. The van der Waals surface area contributed by atoms with Gasteiger partial charge in [0.25, 0.3) is 0 Å². The lowest BCUT2D eigenvalue weighted by Gasteiger charge is -2.29. The first-order chi connectivity index (χ1) is 8.29. The number of carbonyl (C=O) groups excluding carboxylic acids is 2. The standard InChI is InChI=1S/C13H18O5/c1-13(2,3)18-12(16)7-5-4-6-8(7)11(15)17-10(6)9(5)14/h5-10,14H,4H2,1-3H3/t5-,6+,7-,8+,9-,10?/m0/s1. The summed E-state index contributed by atoms with van der Waals surface area (Å²) in [6, 6.07) is 0. The first-order valence-corrected chi connectivity index (χ1v) is 6.41. The molecule has 0 aromatic heterocycles. The molecule has 1 aliphatic heterocycles. The summed E-state index contributed by atoms with van der Waals surface area (Å²) < 4.78 is 10.5. The van der Waals surface area contributed by atoms with Gasteiger partial charge < -0.3 is 14.6 Å². The molecule has 0 aromatic rings. The lowest BCUT2D eigenvalue weighted by molar-refractivity contribution is -0.166. The summed E-state index contributed by atoms with van der Waals surface area (Å²) >= 11 is 0. The van der Waals surface area contributed by atoms with Crippen LogP contribution in [0, 0.1) is 23.7 Å². The second-order valence-electron chi connectivity index (χ2n) is 6.54. The van der Waals surface area contributed by atoms with Crippen LogP contribution in [0.4, 0.5) is 0 Å². The molecule has 2 bridgehead atoms. The summed E-state index contributed by atoms with van der Waals surface area (Å²) in [6.07, 6.45) is -0.423. The second kappa shape index (κ2) is 3.47. The van der Waals surface area contributed by atoms with Crippen molar-refractivity contribution in [3.63, 3.8) is 0 Å². The van der Waals surface area contributed by atoms with Gasteiger partial charge in [-0.05, 0) is 27.2 Å². The van der Waals surface area contributed by atoms with Gasteiger partial charge >= 0.3 is 11.9 Å². The minimum Gasteiger partial charge on any atom is -0.460 e. The average Bonchev–Trinajstić information content (AvgIpc) is 2.78. The number of carbonyl (C=O) groups is 2. The Hall–Kier alpha value is -1.10. The van der Waals surface area contributed by atoms with E-state index < -0.39 is 29.6 Å². The van der Waals surface area contributed by atoms with Crippen molar-refractivity contribution in [1.29, 1.82) is 0 Å². The molecule has 2 saturated carbocycles. The Morgan fingerprint density at radius 1 is 1.39 bits per heavy atom. The van der Waals surface area contributed by atoms with Crippen molar-refractivity contribution in [1.82, 2.24) is 0 Å². The van der Waals surface area contributed by atoms with Crippen LogP contribution in [0.25, 0.3) is 0 Å². The molecule has 6 atom stereocenters. The van der Waals surface area contributed by atoms with Crippen molar-refractivity contribution in [2.24, 2.45) is 23.7 Å². The highest BCUT2D eigenvalue weighted by atomic mass is 16.6. The number of fused-ring (bicyclic) bond motifs is 1. The normalized spacial score (nSPS) is 45.2. The Morgan fingerprint density at radius 2 is 2.06 bits per heavy atom. The summed E-state index contributed by atoms with van der Waals surface area (Å²) in [5, 5.41) is 10.1. The summed E-state index contributed by atoms with van der Waals surface area (Å²) in [4.78, 5) is 24.0. The minimum atomic E-state index is -0.713. The van der Waals surface area contributed by atoms with Crippen LogP contribution in [0.3, 0.4) is 0 Å². The van der Waals surface area contributed by atoms with Crippen LogP contribution in [-0.4, -0.2) is 34.9 Å². The molecule has 0 amide bonds. The first kappa shape index (κ1) is 12.0. The molecule has 1 N–H and O–H groups in total. The van der Waals surface area contributed by atoms with Gasteiger partial charge in [0.1, 0.15) is 11.7 Å². The van der Waals surface area contributed by atoms with E-state index in [4.69, 9.17) is 9.47 Å². The molecule has 0 aromatic carbocycles. The van der Waals surface area contributed by atoms with Crippen molar-refractivity contribution in [3.8, 4) is 0 Å². The molecule has 100 valence electrons. The zero-order valence-electron chi connectivity index (χ0n) is 10.8. The maximum atomic E-state index is 12.2. The van der Waals surface area contributed by atoms with Gasteiger partial charge in [-0.1, -0.05) is 0 Å². The molecule has 18 heavy (non-hydrogen) atoms. The van der Waals surface area contributed by atoms with Gasteiger partial charge in [0.15, 0.2) is 0 Å². The third-order valence-electron chi connectivity index (χ3n) is 4.25. The van der Waals surface area contributed by atoms with Crippen molar-refractivity contribution in [2.75, 3.05) is 0 Å². The molecule has 3 aliphatic rings. The van der Waals surface area contributed by atoms with Gasteiger partial charge in [-0.25, -0.2) is 0 Å². The molecule has 1 saturated heterocycles. The van der Waals surface area contributed by atoms with E-state index in [2.05, 4.69) is 0 Å². The van der Waals surface area contributed by atoms with Gasteiger partial charge in [0.2, 0.25) is 0 Å². The van der Waals surface area contributed by atoms with Gasteiger partial charge in [-0.2, -0.15) is 0 Å². The molecule has 1 unspecified atom stereocenters. The molecular formula is C13H18O5. The Kier molecular flexibility index (Phi) is 2.31.